The predicted octanol–water partition coefficient (Wildman–Crippen LogP) is 5.79. The summed E-state index contributed by atoms with van der Waals surface area (Å²) in [6, 6.07) is 8.39. The lowest BCUT2D eigenvalue weighted by Crippen LogP contribution is -2.49. The number of hydrogen-bond donors (Lipinski definition) is 1. The first-order chi connectivity index (χ1) is 13.2. The number of likely N-dealkylation sites (tertiary alicyclic amines) is 2. The van der Waals surface area contributed by atoms with Crippen LogP contribution in [0.5, 0.6) is 0 Å². The molecule has 0 aromatic heterocycles. The van der Waals surface area contributed by atoms with E-state index in [1.165, 1.54) is 71.0 Å². The maximum absolute atomic E-state index is 6.01. The molecule has 0 radical (unpaired) electrons. The molecule has 0 amide bonds. The van der Waals surface area contributed by atoms with Gasteiger partial charge in [-0.1, -0.05) is 37.8 Å². The van der Waals surface area contributed by atoms with E-state index in [0.717, 1.165) is 28.3 Å². The third-order valence-corrected chi connectivity index (χ3v) is 6.80. The van der Waals surface area contributed by atoms with Crippen molar-refractivity contribution in [2.75, 3.05) is 31.5 Å². The van der Waals surface area contributed by atoms with E-state index in [-0.39, 0.29) is 0 Å². The Morgan fingerprint density at radius 2 is 1.81 bits per heavy atom. The molecular formula is C22H34ClN3S. The molecule has 3 rings (SSSR count). The van der Waals surface area contributed by atoms with Gasteiger partial charge in [-0.2, -0.15) is 0 Å². The molecule has 2 aliphatic heterocycles. The Morgan fingerprint density at radius 1 is 1.11 bits per heavy atom. The maximum atomic E-state index is 6.01. The zero-order chi connectivity index (χ0) is 19.1. The molecule has 2 unspecified atom stereocenters. The number of nitrogens with one attached hydrogen (secondary N) is 1. The second-order valence-electron chi connectivity index (χ2n) is 8.14. The van der Waals surface area contributed by atoms with E-state index in [2.05, 4.69) is 22.0 Å². The van der Waals surface area contributed by atoms with Crippen LogP contribution < -0.4 is 5.32 Å². The summed E-state index contributed by atoms with van der Waals surface area (Å²) >= 11 is 11.8. The summed E-state index contributed by atoms with van der Waals surface area (Å²) in [5.74, 6) is 0.754. The predicted molar refractivity (Wildman–Crippen MR) is 121 cm³/mol. The molecular weight excluding hydrogens is 374 g/mol. The van der Waals surface area contributed by atoms with Crippen molar-refractivity contribution < 1.29 is 0 Å². The van der Waals surface area contributed by atoms with Crippen molar-refractivity contribution in [2.45, 2.75) is 64.3 Å². The Kier molecular flexibility index (Phi) is 8.23. The molecule has 2 saturated heterocycles. The molecule has 0 aliphatic carbocycles. The molecule has 1 aromatic carbocycles. The van der Waals surface area contributed by atoms with Gasteiger partial charge in [-0.05, 0) is 87.6 Å². The summed E-state index contributed by atoms with van der Waals surface area (Å²) in [4.78, 5) is 5.15. The molecule has 1 aromatic rings. The fourth-order valence-electron chi connectivity index (χ4n) is 4.40. The number of benzene rings is 1. The summed E-state index contributed by atoms with van der Waals surface area (Å²) in [6.07, 6.45) is 10.6. The smallest absolute Gasteiger partial charge is 0.173 e. The first-order valence-electron chi connectivity index (χ1n) is 10.7. The van der Waals surface area contributed by atoms with Gasteiger partial charge in [0.25, 0.3) is 0 Å². The summed E-state index contributed by atoms with van der Waals surface area (Å²) in [6.45, 7) is 7.15. The van der Waals surface area contributed by atoms with Crippen molar-refractivity contribution >= 4 is 34.6 Å². The van der Waals surface area contributed by atoms with Crippen molar-refractivity contribution in [1.29, 1.82) is 0 Å². The van der Waals surface area contributed by atoms with E-state index >= 15 is 0 Å². The second-order valence-corrected chi connectivity index (χ2v) is 8.96. The minimum atomic E-state index is 0.559. The van der Waals surface area contributed by atoms with Crippen LogP contribution in [0.15, 0.2) is 24.3 Å². The van der Waals surface area contributed by atoms with Crippen LogP contribution in [-0.4, -0.2) is 47.1 Å². The fourth-order valence-corrected chi connectivity index (χ4v) is 4.87. The van der Waals surface area contributed by atoms with Gasteiger partial charge in [0, 0.05) is 29.8 Å². The van der Waals surface area contributed by atoms with E-state index in [0.29, 0.717) is 6.04 Å². The van der Waals surface area contributed by atoms with Crippen LogP contribution in [0.1, 0.15) is 58.3 Å². The Balaban J connectivity index is 1.60. The standard InChI is InChI=1S/C22H34ClN3S/c1-2-18-7-12-21(13-16-25-14-5-3-4-6-15-25)26(17-18)22(27)24-20-10-8-19(23)9-11-20/h8-11,18,21H,2-7,12-17H2,1H3,(H,24,27). The van der Waals surface area contributed by atoms with Gasteiger partial charge in [0.05, 0.1) is 0 Å². The summed E-state index contributed by atoms with van der Waals surface area (Å²) in [5.41, 5.74) is 1.02. The highest BCUT2D eigenvalue weighted by Gasteiger charge is 2.29. The Morgan fingerprint density at radius 3 is 2.48 bits per heavy atom. The van der Waals surface area contributed by atoms with E-state index in [9.17, 15) is 0 Å². The first-order valence-corrected chi connectivity index (χ1v) is 11.5. The largest absolute Gasteiger partial charge is 0.346 e. The molecule has 0 bridgehead atoms. The van der Waals surface area contributed by atoms with Crippen molar-refractivity contribution in [1.82, 2.24) is 9.80 Å². The highest BCUT2D eigenvalue weighted by Crippen LogP contribution is 2.27. The molecule has 2 heterocycles. The molecule has 0 saturated carbocycles. The van der Waals surface area contributed by atoms with Crippen molar-refractivity contribution in [3.8, 4) is 0 Å². The molecule has 27 heavy (non-hydrogen) atoms. The van der Waals surface area contributed by atoms with Gasteiger partial charge in [-0.3, -0.25) is 0 Å². The number of thiocarbonyl (C=S) groups is 1. The van der Waals surface area contributed by atoms with Crippen LogP contribution in [0.25, 0.3) is 0 Å². The van der Waals surface area contributed by atoms with Crippen LogP contribution in [0.3, 0.4) is 0 Å². The molecule has 1 N–H and O–H groups in total. The van der Waals surface area contributed by atoms with Gasteiger partial charge in [-0.15, -0.1) is 0 Å². The highest BCUT2D eigenvalue weighted by molar-refractivity contribution is 7.80. The average Bonchev–Trinajstić information content (AvgIpc) is 2.97. The van der Waals surface area contributed by atoms with Crippen LogP contribution in [-0.2, 0) is 0 Å². The van der Waals surface area contributed by atoms with E-state index < -0.39 is 0 Å². The average molecular weight is 408 g/mol. The minimum absolute atomic E-state index is 0.559. The zero-order valence-corrected chi connectivity index (χ0v) is 18.2. The first kappa shape index (κ1) is 20.9. The monoisotopic (exact) mass is 407 g/mol. The van der Waals surface area contributed by atoms with E-state index in [1.54, 1.807) is 0 Å². The molecule has 5 heteroatoms. The fraction of sp³-hybridized carbons (Fsp3) is 0.682. The quantitative estimate of drug-likeness (QED) is 0.622. The van der Waals surface area contributed by atoms with Crippen molar-refractivity contribution in [3.05, 3.63) is 29.3 Å². The normalized spacial score (nSPS) is 24.4. The van der Waals surface area contributed by atoms with Gasteiger partial charge in [0.1, 0.15) is 0 Å². The van der Waals surface area contributed by atoms with Gasteiger partial charge in [0.15, 0.2) is 5.11 Å². The van der Waals surface area contributed by atoms with Crippen LogP contribution in [0.4, 0.5) is 5.69 Å². The van der Waals surface area contributed by atoms with E-state index in [4.69, 9.17) is 23.8 Å². The van der Waals surface area contributed by atoms with Crippen LogP contribution in [0.2, 0.25) is 5.02 Å². The Hall–Kier alpha value is -0.840. The van der Waals surface area contributed by atoms with Gasteiger partial charge in [0.2, 0.25) is 0 Å². The lowest BCUT2D eigenvalue weighted by molar-refractivity contribution is 0.156. The second kappa shape index (κ2) is 10.6. The molecule has 150 valence electrons. The number of halogens is 1. The van der Waals surface area contributed by atoms with Gasteiger partial charge in [-0.25, -0.2) is 0 Å². The van der Waals surface area contributed by atoms with Crippen molar-refractivity contribution in [2.24, 2.45) is 5.92 Å². The Labute approximate surface area is 175 Å². The lowest BCUT2D eigenvalue weighted by Gasteiger charge is -2.42. The van der Waals surface area contributed by atoms with Crippen LogP contribution in [0, 0.1) is 5.92 Å². The lowest BCUT2D eigenvalue weighted by atomic mass is 9.89. The highest BCUT2D eigenvalue weighted by atomic mass is 35.5. The van der Waals surface area contributed by atoms with Gasteiger partial charge < -0.3 is 15.1 Å². The number of nitrogens with zero attached hydrogens (tertiary/aromatic N) is 2. The topological polar surface area (TPSA) is 18.5 Å². The zero-order valence-electron chi connectivity index (χ0n) is 16.6. The van der Waals surface area contributed by atoms with Gasteiger partial charge >= 0.3 is 0 Å². The van der Waals surface area contributed by atoms with Crippen LogP contribution >= 0.6 is 23.8 Å². The third-order valence-electron chi connectivity index (χ3n) is 6.21. The Bertz CT molecular complexity index is 584. The number of piperidine rings is 1. The third kappa shape index (κ3) is 6.33. The van der Waals surface area contributed by atoms with Crippen molar-refractivity contribution in [3.63, 3.8) is 0 Å². The summed E-state index contributed by atoms with van der Waals surface area (Å²) in [7, 11) is 0. The molecule has 2 aliphatic rings. The summed E-state index contributed by atoms with van der Waals surface area (Å²) < 4.78 is 0. The number of rotatable bonds is 5. The molecule has 2 fully saturated rings. The molecule has 0 spiro atoms. The number of hydrogen-bond acceptors (Lipinski definition) is 2. The SMILES string of the molecule is CCC1CCC(CCN2CCCCCC2)N(C(=S)Nc2ccc(Cl)cc2)C1. The summed E-state index contributed by atoms with van der Waals surface area (Å²) in [5, 5.41) is 5.07. The number of anilines is 1. The molecule has 2 atom stereocenters. The van der Waals surface area contributed by atoms with E-state index in [1.807, 2.05) is 24.3 Å². The molecule has 3 nitrogen and oxygen atoms in total. The minimum Gasteiger partial charge on any atom is -0.346 e. The maximum Gasteiger partial charge on any atom is 0.173 e.